The molecule has 0 bridgehead atoms. The predicted octanol–water partition coefficient (Wildman–Crippen LogP) is 1.39. The van der Waals surface area contributed by atoms with Gasteiger partial charge < -0.3 is 15.8 Å². The number of halogens is 1. The summed E-state index contributed by atoms with van der Waals surface area (Å²) in [6, 6.07) is 5.74. The Morgan fingerprint density at radius 2 is 2.05 bits per heavy atom. The number of benzene rings is 1. The van der Waals surface area contributed by atoms with E-state index in [9.17, 15) is 14.9 Å². The van der Waals surface area contributed by atoms with Gasteiger partial charge in [-0.3, -0.25) is 14.9 Å². The number of amides is 1. The second-order valence-electron chi connectivity index (χ2n) is 5.08. The zero-order chi connectivity index (χ0) is 15.2. The first-order valence-corrected chi connectivity index (χ1v) is 6.93. The van der Waals surface area contributed by atoms with Crippen molar-refractivity contribution in [3.63, 3.8) is 0 Å². The minimum absolute atomic E-state index is 0. The van der Waals surface area contributed by atoms with E-state index >= 15 is 0 Å². The number of carbonyl (C=O) groups excluding carboxylic acids is 1. The van der Waals surface area contributed by atoms with Crippen molar-refractivity contribution in [3.8, 4) is 0 Å². The summed E-state index contributed by atoms with van der Waals surface area (Å²) in [5.74, 6) is -0.176. The monoisotopic (exact) mass is 329 g/mol. The van der Waals surface area contributed by atoms with Crippen LogP contribution in [0.3, 0.4) is 0 Å². The first-order chi connectivity index (χ1) is 10.1. The smallest absolute Gasteiger partial charge is 0.274 e. The SMILES string of the molecule is Cl.NC(C(=O)NCc1ccccc1[N+](=O)[O-])C1CCOCC1. The molecule has 0 spiro atoms. The van der Waals surface area contributed by atoms with E-state index in [0.717, 1.165) is 12.8 Å². The molecule has 0 aliphatic carbocycles. The van der Waals surface area contributed by atoms with Gasteiger partial charge in [-0.1, -0.05) is 18.2 Å². The maximum absolute atomic E-state index is 12.0. The molecule has 7 nitrogen and oxygen atoms in total. The predicted molar refractivity (Wildman–Crippen MR) is 83.7 cm³/mol. The number of ether oxygens (including phenoxy) is 1. The normalized spacial score (nSPS) is 16.4. The molecule has 1 aromatic carbocycles. The third-order valence-electron chi connectivity index (χ3n) is 3.72. The molecule has 2 rings (SSSR count). The summed E-state index contributed by atoms with van der Waals surface area (Å²) in [4.78, 5) is 22.5. The van der Waals surface area contributed by atoms with Crippen molar-refractivity contribution in [3.05, 3.63) is 39.9 Å². The van der Waals surface area contributed by atoms with Crippen LogP contribution in [0.15, 0.2) is 24.3 Å². The summed E-state index contributed by atoms with van der Waals surface area (Å²) in [5.41, 5.74) is 6.42. The lowest BCUT2D eigenvalue weighted by atomic mass is 9.92. The van der Waals surface area contributed by atoms with Crippen molar-refractivity contribution >= 4 is 24.0 Å². The fraction of sp³-hybridized carbons (Fsp3) is 0.500. The quantitative estimate of drug-likeness (QED) is 0.627. The molecule has 0 saturated carbocycles. The Kier molecular flexibility index (Phi) is 7.23. The van der Waals surface area contributed by atoms with Crippen LogP contribution < -0.4 is 11.1 Å². The topological polar surface area (TPSA) is 107 Å². The summed E-state index contributed by atoms with van der Waals surface area (Å²) in [5, 5.41) is 13.6. The Morgan fingerprint density at radius 1 is 1.41 bits per heavy atom. The van der Waals surface area contributed by atoms with Crippen molar-refractivity contribution in [2.45, 2.75) is 25.4 Å². The van der Waals surface area contributed by atoms with E-state index in [1.165, 1.54) is 6.07 Å². The number of nitrogens with one attached hydrogen (secondary N) is 1. The number of nitro groups is 1. The molecule has 1 aromatic rings. The summed E-state index contributed by atoms with van der Waals surface area (Å²) >= 11 is 0. The molecule has 1 amide bonds. The molecule has 1 atom stereocenters. The van der Waals surface area contributed by atoms with E-state index in [0.29, 0.717) is 18.8 Å². The number of carbonyl (C=O) groups is 1. The molecule has 1 fully saturated rings. The van der Waals surface area contributed by atoms with Crippen molar-refractivity contribution < 1.29 is 14.5 Å². The Balaban J connectivity index is 0.00000242. The Hall–Kier alpha value is -1.70. The van der Waals surface area contributed by atoms with Gasteiger partial charge >= 0.3 is 0 Å². The summed E-state index contributed by atoms with van der Waals surface area (Å²) in [6.07, 6.45) is 1.53. The van der Waals surface area contributed by atoms with Crippen LogP contribution in [0.2, 0.25) is 0 Å². The third kappa shape index (κ3) is 4.66. The van der Waals surface area contributed by atoms with Crippen LogP contribution in [-0.4, -0.2) is 30.1 Å². The Bertz CT molecular complexity index is 521. The molecule has 0 aromatic heterocycles. The molecule has 1 unspecified atom stereocenters. The molecule has 3 N–H and O–H groups in total. The van der Waals surface area contributed by atoms with E-state index in [1.54, 1.807) is 18.2 Å². The fourth-order valence-electron chi connectivity index (χ4n) is 2.43. The van der Waals surface area contributed by atoms with Crippen molar-refractivity contribution in [2.24, 2.45) is 11.7 Å². The number of nitrogens with two attached hydrogens (primary N) is 1. The highest BCUT2D eigenvalue weighted by atomic mass is 35.5. The van der Waals surface area contributed by atoms with E-state index in [4.69, 9.17) is 10.5 Å². The van der Waals surface area contributed by atoms with Crippen LogP contribution in [0.25, 0.3) is 0 Å². The van der Waals surface area contributed by atoms with Gasteiger partial charge in [0.25, 0.3) is 5.69 Å². The van der Waals surface area contributed by atoms with Crippen LogP contribution in [0.5, 0.6) is 0 Å². The minimum atomic E-state index is -0.600. The van der Waals surface area contributed by atoms with Gasteiger partial charge in [-0.05, 0) is 18.8 Å². The van der Waals surface area contributed by atoms with Gasteiger partial charge in [0, 0.05) is 31.4 Å². The lowest BCUT2D eigenvalue weighted by Crippen LogP contribution is -2.46. The van der Waals surface area contributed by atoms with Gasteiger partial charge in [0.05, 0.1) is 11.0 Å². The van der Waals surface area contributed by atoms with Crippen LogP contribution in [0, 0.1) is 16.0 Å². The molecule has 8 heteroatoms. The third-order valence-corrected chi connectivity index (χ3v) is 3.72. The molecule has 1 heterocycles. The zero-order valence-corrected chi connectivity index (χ0v) is 12.9. The number of para-hydroxylation sites is 1. The molecular weight excluding hydrogens is 310 g/mol. The van der Waals surface area contributed by atoms with Gasteiger partial charge in [0.2, 0.25) is 5.91 Å². The van der Waals surface area contributed by atoms with Gasteiger partial charge in [-0.15, -0.1) is 12.4 Å². The highest BCUT2D eigenvalue weighted by molar-refractivity contribution is 5.85. The molecule has 0 radical (unpaired) electrons. The number of rotatable bonds is 5. The van der Waals surface area contributed by atoms with Crippen LogP contribution in [0.1, 0.15) is 18.4 Å². The Labute approximate surface area is 134 Å². The van der Waals surface area contributed by atoms with Gasteiger partial charge in [-0.25, -0.2) is 0 Å². The molecule has 22 heavy (non-hydrogen) atoms. The largest absolute Gasteiger partial charge is 0.381 e. The zero-order valence-electron chi connectivity index (χ0n) is 12.1. The lowest BCUT2D eigenvalue weighted by Gasteiger charge is -2.26. The number of hydrogen-bond acceptors (Lipinski definition) is 5. The first kappa shape index (κ1) is 18.3. The number of nitro benzene ring substituents is 1. The molecule has 1 saturated heterocycles. The van der Waals surface area contributed by atoms with Crippen molar-refractivity contribution in [2.75, 3.05) is 13.2 Å². The lowest BCUT2D eigenvalue weighted by molar-refractivity contribution is -0.385. The second kappa shape index (κ2) is 8.67. The fourth-order valence-corrected chi connectivity index (χ4v) is 2.43. The standard InChI is InChI=1S/C14H19N3O4.ClH/c15-13(10-5-7-21-8-6-10)14(18)16-9-11-3-1-2-4-12(11)17(19)20;/h1-4,10,13H,5-9,15H2,(H,16,18);1H. The average molecular weight is 330 g/mol. The van der Waals surface area contributed by atoms with E-state index in [1.807, 2.05) is 0 Å². The van der Waals surface area contributed by atoms with E-state index in [2.05, 4.69) is 5.32 Å². The maximum Gasteiger partial charge on any atom is 0.274 e. The molecular formula is C14H20ClN3O4. The molecule has 1 aliphatic rings. The number of hydrogen-bond donors (Lipinski definition) is 2. The van der Waals surface area contributed by atoms with Crippen molar-refractivity contribution in [1.82, 2.24) is 5.32 Å². The summed E-state index contributed by atoms with van der Waals surface area (Å²) in [6.45, 7) is 1.35. The highest BCUT2D eigenvalue weighted by Crippen LogP contribution is 2.19. The van der Waals surface area contributed by atoms with Gasteiger partial charge in [0.15, 0.2) is 0 Å². The van der Waals surface area contributed by atoms with E-state index in [-0.39, 0.29) is 36.5 Å². The van der Waals surface area contributed by atoms with E-state index < -0.39 is 11.0 Å². The molecule has 1 aliphatic heterocycles. The van der Waals surface area contributed by atoms with Gasteiger partial charge in [0.1, 0.15) is 0 Å². The molecule has 122 valence electrons. The highest BCUT2D eigenvalue weighted by Gasteiger charge is 2.26. The number of nitrogens with zero attached hydrogens (tertiary/aromatic N) is 1. The van der Waals surface area contributed by atoms with Crippen LogP contribution in [0.4, 0.5) is 5.69 Å². The van der Waals surface area contributed by atoms with Gasteiger partial charge in [-0.2, -0.15) is 0 Å². The summed E-state index contributed by atoms with van der Waals surface area (Å²) in [7, 11) is 0. The summed E-state index contributed by atoms with van der Waals surface area (Å²) < 4.78 is 5.24. The van der Waals surface area contributed by atoms with Crippen molar-refractivity contribution in [1.29, 1.82) is 0 Å². The van der Waals surface area contributed by atoms with Crippen LogP contribution >= 0.6 is 12.4 Å². The maximum atomic E-state index is 12.0. The van der Waals surface area contributed by atoms with Crippen LogP contribution in [-0.2, 0) is 16.1 Å². The second-order valence-corrected chi connectivity index (χ2v) is 5.08. The first-order valence-electron chi connectivity index (χ1n) is 6.93. The average Bonchev–Trinajstić information content (AvgIpc) is 2.52. The Morgan fingerprint density at radius 3 is 2.68 bits per heavy atom. The minimum Gasteiger partial charge on any atom is -0.381 e.